The molecule has 146 valence electrons. The van der Waals surface area contributed by atoms with Crippen molar-refractivity contribution in [1.82, 2.24) is 10.2 Å². The molecule has 2 heterocycles. The van der Waals surface area contributed by atoms with Gasteiger partial charge in [-0.2, -0.15) is 8.78 Å². The Morgan fingerprint density at radius 2 is 2.00 bits per heavy atom. The summed E-state index contributed by atoms with van der Waals surface area (Å²) >= 11 is 2.10. The predicted octanol–water partition coefficient (Wildman–Crippen LogP) is 5.27. The van der Waals surface area contributed by atoms with Crippen LogP contribution in [0.3, 0.4) is 0 Å². The number of thioether (sulfide) groups is 1. The summed E-state index contributed by atoms with van der Waals surface area (Å²) < 4.78 is 25.5. The van der Waals surface area contributed by atoms with Crippen LogP contribution in [-0.4, -0.2) is 36.2 Å². The third-order valence-corrected chi connectivity index (χ3v) is 6.70. The van der Waals surface area contributed by atoms with Gasteiger partial charge in [-0.1, -0.05) is 36.9 Å². The quantitative estimate of drug-likeness (QED) is 0.632. The number of thiophene rings is 1. The number of amides is 1. The molecule has 1 saturated heterocycles. The first-order chi connectivity index (χ1) is 13.0. The molecular formula is C20H24F2N2OS2. The molecular weight excluding hydrogens is 386 g/mol. The van der Waals surface area contributed by atoms with Crippen LogP contribution in [0.1, 0.15) is 41.0 Å². The maximum Gasteiger partial charge on any atom is 0.288 e. The van der Waals surface area contributed by atoms with Crippen LogP contribution < -0.4 is 5.32 Å². The maximum absolute atomic E-state index is 12.8. The number of rotatable bonds is 7. The van der Waals surface area contributed by atoms with Crippen LogP contribution in [0.15, 0.2) is 46.7 Å². The first-order valence-corrected chi connectivity index (χ1v) is 10.9. The van der Waals surface area contributed by atoms with E-state index in [2.05, 4.69) is 23.2 Å². The zero-order valence-corrected chi connectivity index (χ0v) is 16.9. The molecule has 0 unspecified atom stereocenters. The van der Waals surface area contributed by atoms with Gasteiger partial charge in [0.25, 0.3) is 11.7 Å². The molecule has 7 heteroatoms. The molecule has 1 aromatic heterocycles. The molecule has 1 aromatic carbocycles. The van der Waals surface area contributed by atoms with Crippen LogP contribution in [0.2, 0.25) is 0 Å². The number of hydrogen-bond donors (Lipinski definition) is 1. The minimum absolute atomic E-state index is 0.122. The lowest BCUT2D eigenvalue weighted by Gasteiger charge is -2.36. The Labute approximate surface area is 167 Å². The van der Waals surface area contributed by atoms with Crippen molar-refractivity contribution in [3.8, 4) is 0 Å². The minimum Gasteiger partial charge on any atom is -0.350 e. The Hall–Kier alpha value is -1.44. The number of carbonyl (C=O) groups is 1. The van der Waals surface area contributed by atoms with E-state index in [1.165, 1.54) is 4.88 Å². The molecule has 1 aliphatic heterocycles. The third kappa shape index (κ3) is 5.53. The zero-order chi connectivity index (χ0) is 19.2. The highest BCUT2D eigenvalue weighted by Crippen LogP contribution is 2.30. The van der Waals surface area contributed by atoms with Crippen molar-refractivity contribution in [3.05, 3.63) is 52.2 Å². The van der Waals surface area contributed by atoms with Crippen molar-refractivity contribution < 1.29 is 13.6 Å². The summed E-state index contributed by atoms with van der Waals surface area (Å²) in [6.45, 7) is 4.77. The Bertz CT molecular complexity index is 731. The summed E-state index contributed by atoms with van der Waals surface area (Å²) in [5.74, 6) is -2.11. The zero-order valence-electron chi connectivity index (χ0n) is 15.2. The predicted molar refractivity (Wildman–Crippen MR) is 108 cm³/mol. The standard InChI is InChI=1S/C20H24F2N2OS2/c1-14-8-10-24(11-9-14)16(18-7-4-12-26-18)13-23-19(25)15-5-2-3-6-17(15)27-20(21)22/h2-7,12,14,16,20H,8-11,13H2,1H3,(H,23,25)/t16-/m1/s1. The molecule has 1 aliphatic rings. The van der Waals surface area contributed by atoms with Crippen LogP contribution in [0.25, 0.3) is 0 Å². The first-order valence-electron chi connectivity index (χ1n) is 9.14. The van der Waals surface area contributed by atoms with Crippen LogP contribution in [0.5, 0.6) is 0 Å². The molecule has 0 radical (unpaired) electrons. The average Bonchev–Trinajstić information content (AvgIpc) is 3.17. The second-order valence-electron chi connectivity index (χ2n) is 6.83. The summed E-state index contributed by atoms with van der Waals surface area (Å²) in [5, 5.41) is 5.02. The summed E-state index contributed by atoms with van der Waals surface area (Å²) in [7, 11) is 0. The molecule has 0 spiro atoms. The number of piperidine rings is 1. The van der Waals surface area contributed by atoms with E-state index in [0.29, 0.717) is 28.8 Å². The Kier molecular flexibility index (Phi) is 7.26. The molecule has 2 aromatic rings. The monoisotopic (exact) mass is 410 g/mol. The molecule has 1 fully saturated rings. The highest BCUT2D eigenvalue weighted by Gasteiger charge is 2.26. The maximum atomic E-state index is 12.8. The summed E-state index contributed by atoms with van der Waals surface area (Å²) in [6, 6.07) is 10.8. The van der Waals surface area contributed by atoms with Gasteiger partial charge in [0.05, 0.1) is 11.6 Å². The number of alkyl halides is 2. The van der Waals surface area contributed by atoms with Gasteiger partial charge >= 0.3 is 0 Å². The van der Waals surface area contributed by atoms with E-state index in [1.807, 2.05) is 11.4 Å². The lowest BCUT2D eigenvalue weighted by atomic mass is 9.97. The van der Waals surface area contributed by atoms with E-state index in [9.17, 15) is 13.6 Å². The molecule has 3 nitrogen and oxygen atoms in total. The van der Waals surface area contributed by atoms with Crippen LogP contribution >= 0.6 is 23.1 Å². The highest BCUT2D eigenvalue weighted by atomic mass is 32.2. The number of likely N-dealkylation sites (tertiary alicyclic amines) is 1. The van der Waals surface area contributed by atoms with Gasteiger partial charge in [0.1, 0.15) is 0 Å². The van der Waals surface area contributed by atoms with Crippen LogP contribution in [0, 0.1) is 5.92 Å². The Morgan fingerprint density at radius 1 is 1.26 bits per heavy atom. The fraction of sp³-hybridized carbons (Fsp3) is 0.450. The van der Waals surface area contributed by atoms with Crippen molar-refractivity contribution in [2.75, 3.05) is 19.6 Å². The molecule has 1 atom stereocenters. The van der Waals surface area contributed by atoms with Gasteiger partial charge in [-0.15, -0.1) is 11.3 Å². The fourth-order valence-electron chi connectivity index (χ4n) is 3.37. The van der Waals surface area contributed by atoms with E-state index in [-0.39, 0.29) is 11.9 Å². The topological polar surface area (TPSA) is 32.3 Å². The van der Waals surface area contributed by atoms with E-state index < -0.39 is 5.76 Å². The number of benzene rings is 1. The average molecular weight is 411 g/mol. The van der Waals surface area contributed by atoms with Crippen molar-refractivity contribution in [3.63, 3.8) is 0 Å². The van der Waals surface area contributed by atoms with Gasteiger partial charge in [-0.25, -0.2) is 0 Å². The van der Waals surface area contributed by atoms with Gasteiger partial charge in [-0.05, 0) is 55.4 Å². The van der Waals surface area contributed by atoms with Gasteiger partial charge in [0.2, 0.25) is 0 Å². The van der Waals surface area contributed by atoms with Gasteiger partial charge in [-0.3, -0.25) is 9.69 Å². The van der Waals surface area contributed by atoms with Gasteiger partial charge in [0, 0.05) is 16.3 Å². The molecule has 1 N–H and O–H groups in total. The summed E-state index contributed by atoms with van der Waals surface area (Å²) in [5.41, 5.74) is 0.306. The number of halogens is 2. The van der Waals surface area contributed by atoms with Crippen molar-refractivity contribution in [2.24, 2.45) is 5.92 Å². The lowest BCUT2D eigenvalue weighted by molar-refractivity contribution is 0.0912. The number of hydrogen-bond acceptors (Lipinski definition) is 4. The largest absolute Gasteiger partial charge is 0.350 e. The van der Waals surface area contributed by atoms with Gasteiger partial charge < -0.3 is 5.32 Å². The second kappa shape index (κ2) is 9.66. The number of carbonyl (C=O) groups excluding carboxylic acids is 1. The summed E-state index contributed by atoms with van der Waals surface area (Å²) in [6.07, 6.45) is 2.31. The first kappa shape index (κ1) is 20.3. The van der Waals surface area contributed by atoms with E-state index in [4.69, 9.17) is 0 Å². The summed E-state index contributed by atoms with van der Waals surface area (Å²) in [4.78, 5) is 16.6. The number of nitrogens with zero attached hydrogens (tertiary/aromatic N) is 1. The van der Waals surface area contributed by atoms with Crippen LogP contribution in [0.4, 0.5) is 8.78 Å². The molecule has 1 amide bonds. The molecule has 27 heavy (non-hydrogen) atoms. The highest BCUT2D eigenvalue weighted by molar-refractivity contribution is 7.99. The van der Waals surface area contributed by atoms with Crippen LogP contribution in [-0.2, 0) is 0 Å². The van der Waals surface area contributed by atoms with E-state index in [1.54, 1.807) is 35.6 Å². The second-order valence-corrected chi connectivity index (χ2v) is 8.85. The lowest BCUT2D eigenvalue weighted by Crippen LogP contribution is -2.41. The van der Waals surface area contributed by atoms with Gasteiger partial charge in [0.15, 0.2) is 0 Å². The minimum atomic E-state index is -2.55. The van der Waals surface area contributed by atoms with Crippen molar-refractivity contribution >= 4 is 29.0 Å². The third-order valence-electron chi connectivity index (χ3n) is 4.93. The number of nitrogens with one attached hydrogen (secondary N) is 1. The van der Waals surface area contributed by atoms with E-state index in [0.717, 1.165) is 31.8 Å². The molecule has 0 aliphatic carbocycles. The SMILES string of the molecule is CC1CCN([C@H](CNC(=O)c2ccccc2SC(F)F)c2cccs2)CC1. The Morgan fingerprint density at radius 3 is 2.67 bits per heavy atom. The van der Waals surface area contributed by atoms with E-state index >= 15 is 0 Å². The molecule has 0 bridgehead atoms. The Balaban J connectivity index is 1.69. The molecule has 3 rings (SSSR count). The normalized spacial score (nSPS) is 17.2. The fourth-order valence-corrected chi connectivity index (χ4v) is 4.87. The van der Waals surface area contributed by atoms with Crippen molar-refractivity contribution in [2.45, 2.75) is 36.5 Å². The van der Waals surface area contributed by atoms with Crippen molar-refractivity contribution in [1.29, 1.82) is 0 Å². The smallest absolute Gasteiger partial charge is 0.288 e. The molecule has 0 saturated carbocycles.